The maximum absolute atomic E-state index is 12.1. The molecule has 0 radical (unpaired) electrons. The number of pyridine rings is 1. The molecule has 2 aromatic rings. The second kappa shape index (κ2) is 5.48. The summed E-state index contributed by atoms with van der Waals surface area (Å²) in [4.78, 5) is 7.85. The van der Waals surface area contributed by atoms with Crippen LogP contribution < -0.4 is 4.74 Å². The summed E-state index contributed by atoms with van der Waals surface area (Å²) >= 11 is 0. The third-order valence-electron chi connectivity index (χ3n) is 2.31. The lowest BCUT2D eigenvalue weighted by Crippen LogP contribution is -2.19. The Bertz CT molecular complexity index is 581. The number of ether oxygens (including phenoxy) is 1. The Morgan fingerprint density at radius 1 is 1.35 bits per heavy atom. The van der Waals surface area contributed by atoms with Crippen LogP contribution >= 0.6 is 0 Å². The van der Waals surface area contributed by atoms with E-state index in [1.54, 1.807) is 6.07 Å². The molecule has 0 N–H and O–H groups in total. The first-order chi connectivity index (χ1) is 9.35. The molecule has 0 aliphatic rings. The van der Waals surface area contributed by atoms with E-state index in [9.17, 15) is 13.2 Å². The van der Waals surface area contributed by atoms with Gasteiger partial charge in [-0.15, -0.1) is 0 Å². The van der Waals surface area contributed by atoms with E-state index in [1.807, 2.05) is 13.8 Å². The fraction of sp³-hybridized carbons (Fsp3) is 0.417. The summed E-state index contributed by atoms with van der Waals surface area (Å²) in [5.74, 6) is 0.664. The molecule has 0 aromatic carbocycles. The van der Waals surface area contributed by atoms with E-state index in [0.717, 1.165) is 0 Å². The Morgan fingerprint density at radius 2 is 2.10 bits per heavy atom. The minimum Gasteiger partial charge on any atom is -0.468 e. The van der Waals surface area contributed by atoms with Crippen LogP contribution in [0.3, 0.4) is 0 Å². The van der Waals surface area contributed by atoms with Crippen molar-refractivity contribution < 1.29 is 22.4 Å². The monoisotopic (exact) mass is 287 g/mol. The van der Waals surface area contributed by atoms with Gasteiger partial charge in [0, 0.05) is 23.7 Å². The molecule has 2 heterocycles. The molecule has 0 atom stereocenters. The molecular formula is C12H12F3N3O2. The van der Waals surface area contributed by atoms with E-state index in [4.69, 9.17) is 4.52 Å². The second-order valence-electron chi connectivity index (χ2n) is 4.40. The number of nitrogens with zero attached hydrogens (tertiary/aromatic N) is 3. The molecule has 0 bridgehead atoms. The van der Waals surface area contributed by atoms with Crippen molar-refractivity contribution in [2.45, 2.75) is 25.9 Å². The van der Waals surface area contributed by atoms with E-state index in [2.05, 4.69) is 19.9 Å². The van der Waals surface area contributed by atoms with Crippen molar-refractivity contribution in [1.29, 1.82) is 0 Å². The van der Waals surface area contributed by atoms with Gasteiger partial charge in [-0.1, -0.05) is 19.0 Å². The molecule has 0 aliphatic heterocycles. The van der Waals surface area contributed by atoms with Gasteiger partial charge in [0.1, 0.15) is 0 Å². The highest BCUT2D eigenvalue weighted by atomic mass is 19.4. The maximum Gasteiger partial charge on any atom is 0.422 e. The van der Waals surface area contributed by atoms with Crippen LogP contribution in [0.5, 0.6) is 5.88 Å². The van der Waals surface area contributed by atoms with Crippen LogP contribution in [0.4, 0.5) is 13.2 Å². The highest BCUT2D eigenvalue weighted by Crippen LogP contribution is 2.23. The van der Waals surface area contributed by atoms with Crippen molar-refractivity contribution >= 4 is 0 Å². The van der Waals surface area contributed by atoms with Crippen molar-refractivity contribution in [3.8, 4) is 17.3 Å². The number of aromatic nitrogens is 3. The summed E-state index contributed by atoms with van der Waals surface area (Å²) in [6.07, 6.45) is -3.08. The summed E-state index contributed by atoms with van der Waals surface area (Å²) in [6.45, 7) is 2.39. The fourth-order valence-electron chi connectivity index (χ4n) is 1.37. The molecule has 2 rings (SSSR count). The molecule has 0 saturated carbocycles. The molecule has 2 aromatic heterocycles. The van der Waals surface area contributed by atoms with Crippen LogP contribution in [0, 0.1) is 0 Å². The molecule has 0 amide bonds. The van der Waals surface area contributed by atoms with E-state index in [1.165, 1.54) is 12.3 Å². The fourth-order valence-corrected chi connectivity index (χ4v) is 1.37. The first-order valence-electron chi connectivity index (χ1n) is 5.85. The van der Waals surface area contributed by atoms with Gasteiger partial charge < -0.3 is 9.26 Å². The number of rotatable bonds is 4. The SMILES string of the molecule is CC(C)c1nc(-c2ccnc(OCC(F)(F)F)c2)no1. The topological polar surface area (TPSA) is 61.0 Å². The van der Waals surface area contributed by atoms with Gasteiger partial charge in [-0.3, -0.25) is 0 Å². The smallest absolute Gasteiger partial charge is 0.422 e. The zero-order valence-electron chi connectivity index (χ0n) is 10.8. The van der Waals surface area contributed by atoms with Crippen molar-refractivity contribution in [3.63, 3.8) is 0 Å². The third-order valence-corrected chi connectivity index (χ3v) is 2.31. The third kappa shape index (κ3) is 3.69. The Morgan fingerprint density at radius 3 is 2.70 bits per heavy atom. The normalized spacial score (nSPS) is 11.9. The average Bonchev–Trinajstić information content (AvgIpc) is 2.86. The Labute approximate surface area is 112 Å². The number of halogens is 3. The molecule has 0 unspecified atom stereocenters. The second-order valence-corrected chi connectivity index (χ2v) is 4.40. The largest absolute Gasteiger partial charge is 0.468 e. The van der Waals surface area contributed by atoms with E-state index in [0.29, 0.717) is 11.5 Å². The van der Waals surface area contributed by atoms with Crippen molar-refractivity contribution in [2.75, 3.05) is 6.61 Å². The number of alkyl halides is 3. The predicted octanol–water partition coefficient (Wildman–Crippen LogP) is 3.20. The number of hydrogen-bond acceptors (Lipinski definition) is 5. The van der Waals surface area contributed by atoms with Gasteiger partial charge in [0.2, 0.25) is 17.6 Å². The summed E-state index contributed by atoms with van der Waals surface area (Å²) < 4.78 is 45.8. The lowest BCUT2D eigenvalue weighted by Gasteiger charge is -2.08. The maximum atomic E-state index is 12.1. The van der Waals surface area contributed by atoms with E-state index >= 15 is 0 Å². The molecule has 108 valence electrons. The van der Waals surface area contributed by atoms with Crippen molar-refractivity contribution in [2.24, 2.45) is 0 Å². The van der Waals surface area contributed by atoms with Crippen LogP contribution in [0.1, 0.15) is 25.7 Å². The van der Waals surface area contributed by atoms with Gasteiger partial charge in [0.15, 0.2) is 6.61 Å². The van der Waals surface area contributed by atoms with Crippen molar-refractivity contribution in [3.05, 3.63) is 24.2 Å². The van der Waals surface area contributed by atoms with Gasteiger partial charge in [0.05, 0.1) is 0 Å². The minimum absolute atomic E-state index is 0.0686. The Balaban J connectivity index is 2.16. The Hall–Kier alpha value is -2.12. The highest BCUT2D eigenvalue weighted by Gasteiger charge is 2.28. The molecule has 0 aliphatic carbocycles. The first-order valence-corrected chi connectivity index (χ1v) is 5.85. The summed E-state index contributed by atoms with van der Waals surface area (Å²) in [5.41, 5.74) is 0.479. The van der Waals surface area contributed by atoms with E-state index in [-0.39, 0.29) is 17.6 Å². The van der Waals surface area contributed by atoms with E-state index < -0.39 is 12.8 Å². The summed E-state index contributed by atoms with van der Waals surface area (Å²) in [5, 5.41) is 3.77. The number of hydrogen-bond donors (Lipinski definition) is 0. The first kappa shape index (κ1) is 14.3. The summed E-state index contributed by atoms with van der Waals surface area (Å²) in [7, 11) is 0. The van der Waals surface area contributed by atoms with Crippen LogP contribution in [-0.2, 0) is 0 Å². The zero-order chi connectivity index (χ0) is 14.8. The molecular weight excluding hydrogens is 275 g/mol. The lowest BCUT2D eigenvalue weighted by molar-refractivity contribution is -0.154. The zero-order valence-corrected chi connectivity index (χ0v) is 10.8. The van der Waals surface area contributed by atoms with Gasteiger partial charge in [0.25, 0.3) is 0 Å². The van der Waals surface area contributed by atoms with Crippen LogP contribution in [-0.4, -0.2) is 27.9 Å². The van der Waals surface area contributed by atoms with Crippen LogP contribution in [0.2, 0.25) is 0 Å². The van der Waals surface area contributed by atoms with Gasteiger partial charge >= 0.3 is 6.18 Å². The average molecular weight is 287 g/mol. The van der Waals surface area contributed by atoms with Crippen molar-refractivity contribution in [1.82, 2.24) is 15.1 Å². The minimum atomic E-state index is -4.41. The molecule has 8 heteroatoms. The van der Waals surface area contributed by atoms with Gasteiger partial charge in [-0.2, -0.15) is 18.2 Å². The molecule has 0 saturated heterocycles. The van der Waals surface area contributed by atoms with Crippen LogP contribution in [0.15, 0.2) is 22.9 Å². The quantitative estimate of drug-likeness (QED) is 0.864. The predicted molar refractivity (Wildman–Crippen MR) is 63.2 cm³/mol. The standard InChI is InChI=1S/C12H12F3N3O2/c1-7(2)11-17-10(18-20-11)8-3-4-16-9(5-8)19-6-12(13,14)15/h3-5,7H,6H2,1-2H3. The van der Waals surface area contributed by atoms with Gasteiger partial charge in [-0.05, 0) is 6.07 Å². The van der Waals surface area contributed by atoms with Gasteiger partial charge in [-0.25, -0.2) is 4.98 Å². The molecule has 20 heavy (non-hydrogen) atoms. The molecule has 0 spiro atoms. The Kier molecular flexibility index (Phi) is 3.91. The molecule has 0 fully saturated rings. The molecule has 5 nitrogen and oxygen atoms in total. The highest BCUT2D eigenvalue weighted by molar-refractivity contribution is 5.55. The van der Waals surface area contributed by atoms with Crippen LogP contribution in [0.25, 0.3) is 11.4 Å². The summed E-state index contributed by atoms with van der Waals surface area (Å²) in [6, 6.07) is 2.90. The lowest BCUT2D eigenvalue weighted by atomic mass is 10.2.